The highest BCUT2D eigenvalue weighted by Gasteiger charge is 2.42. The van der Waals surface area contributed by atoms with E-state index >= 15 is 0 Å². The molecule has 0 saturated heterocycles. The Morgan fingerprint density at radius 3 is 1.33 bits per heavy atom. The molecule has 0 fully saturated rings. The molecule has 0 spiro atoms. The number of nitrogens with one attached hydrogen (secondary N) is 1. The fraction of sp³-hybridized carbons (Fsp3) is 0.615. The number of aromatic nitrogens is 1. The molecular formula is C13H22N4O12S4. The van der Waals surface area contributed by atoms with Crippen LogP contribution in [0.3, 0.4) is 0 Å². The van der Waals surface area contributed by atoms with E-state index in [1.807, 2.05) is 0 Å². The molecule has 2 rings (SSSR count). The minimum atomic E-state index is -5.30. The smallest absolute Gasteiger partial charge is 0.298 e. The largest absolute Gasteiger partial charge is 0.314 e. The van der Waals surface area contributed by atoms with E-state index in [2.05, 4.69) is 10.3 Å². The molecule has 0 atom stereocenters. The van der Waals surface area contributed by atoms with Crippen LogP contribution in [0.5, 0.6) is 0 Å². The Kier molecular flexibility index (Phi) is 8.55. The van der Waals surface area contributed by atoms with Gasteiger partial charge in [0.05, 0.1) is 11.4 Å². The lowest BCUT2D eigenvalue weighted by molar-refractivity contribution is 0.237. The van der Waals surface area contributed by atoms with Gasteiger partial charge in [-0.25, -0.2) is 0 Å². The Labute approximate surface area is 190 Å². The van der Waals surface area contributed by atoms with Crippen molar-refractivity contribution in [2.45, 2.75) is 22.5 Å². The van der Waals surface area contributed by atoms with Gasteiger partial charge in [-0.1, -0.05) is 6.07 Å². The van der Waals surface area contributed by atoms with Crippen molar-refractivity contribution in [2.24, 2.45) is 0 Å². The number of nitrogens with zero attached hydrogens (tertiary/aromatic N) is 3. The van der Waals surface area contributed by atoms with E-state index in [0.717, 1.165) is 9.80 Å². The van der Waals surface area contributed by atoms with Crippen LogP contribution in [0.4, 0.5) is 0 Å². The first kappa shape index (κ1) is 27.9. The summed E-state index contributed by atoms with van der Waals surface area (Å²) in [6.45, 7) is -2.12. The van der Waals surface area contributed by atoms with Crippen LogP contribution in [0.25, 0.3) is 0 Å². The summed E-state index contributed by atoms with van der Waals surface area (Å²) in [5.41, 5.74) is 0.0289. The summed E-state index contributed by atoms with van der Waals surface area (Å²) >= 11 is 0. The number of hydrogen-bond acceptors (Lipinski definition) is 12. The van der Waals surface area contributed by atoms with Crippen LogP contribution in [0.2, 0.25) is 0 Å². The van der Waals surface area contributed by atoms with Gasteiger partial charge < -0.3 is 5.32 Å². The fourth-order valence-corrected chi connectivity index (χ4v) is 7.96. The minimum absolute atomic E-state index is 0.0144. The standard InChI is InChI=1S/C13H22N4O12S4/c18-30(19,20)12(31(21,22)23)16-6-4-14-5-7-17(13(32(24,25)26)33(27,28)29)9-11-3-1-2-10(8-16)15-11/h1-3,12-14H,4-9H2,(H,18,19,20)(H,21,22,23)(H,24,25,26)(H,27,28,29). The summed E-state index contributed by atoms with van der Waals surface area (Å²) in [6, 6.07) is 4.02. The predicted octanol–water partition coefficient (Wildman–Crippen LogP) is -2.59. The van der Waals surface area contributed by atoms with Crippen molar-refractivity contribution in [3.8, 4) is 0 Å². The highest BCUT2D eigenvalue weighted by Crippen LogP contribution is 2.19. The van der Waals surface area contributed by atoms with Crippen molar-refractivity contribution in [3.05, 3.63) is 29.6 Å². The summed E-state index contributed by atoms with van der Waals surface area (Å²) in [7, 11) is -21.2. The number of rotatable bonds is 6. The highest BCUT2D eigenvalue weighted by atomic mass is 32.3. The summed E-state index contributed by atoms with van der Waals surface area (Å²) < 4.78 is 125. The van der Waals surface area contributed by atoms with Gasteiger partial charge in [0.1, 0.15) is 0 Å². The van der Waals surface area contributed by atoms with E-state index in [1.165, 1.54) is 18.2 Å². The maximum atomic E-state index is 11.6. The third kappa shape index (κ3) is 7.85. The maximum Gasteiger partial charge on any atom is 0.298 e. The monoisotopic (exact) mass is 554 g/mol. The second kappa shape index (κ2) is 10.1. The Morgan fingerprint density at radius 1 is 0.697 bits per heavy atom. The number of fused-ring (bicyclic) bond motifs is 2. The van der Waals surface area contributed by atoms with E-state index in [-0.39, 0.29) is 37.6 Å². The van der Waals surface area contributed by atoms with Crippen molar-refractivity contribution in [2.75, 3.05) is 26.2 Å². The Hall–Kier alpha value is -1.33. The van der Waals surface area contributed by atoms with Crippen LogP contribution in [-0.4, -0.2) is 102 Å². The van der Waals surface area contributed by atoms with Crippen LogP contribution in [-0.2, 0) is 53.6 Å². The molecule has 1 aliphatic heterocycles. The van der Waals surface area contributed by atoms with Gasteiger partial charge in [0.25, 0.3) is 49.9 Å². The minimum Gasteiger partial charge on any atom is -0.314 e. The molecule has 1 aromatic heterocycles. The van der Waals surface area contributed by atoms with E-state index in [9.17, 15) is 51.9 Å². The molecule has 0 unspecified atom stereocenters. The van der Waals surface area contributed by atoms with E-state index in [0.29, 0.717) is 0 Å². The first-order valence-corrected chi connectivity index (χ1v) is 14.9. The van der Waals surface area contributed by atoms with Crippen molar-refractivity contribution in [1.82, 2.24) is 20.1 Å². The maximum absolute atomic E-state index is 11.6. The molecule has 0 radical (unpaired) electrons. The number of hydrogen-bond donors (Lipinski definition) is 5. The van der Waals surface area contributed by atoms with Gasteiger partial charge in [0, 0.05) is 39.3 Å². The van der Waals surface area contributed by atoms with Crippen LogP contribution < -0.4 is 5.32 Å². The van der Waals surface area contributed by atoms with Gasteiger partial charge in [-0.2, -0.15) is 33.7 Å². The van der Waals surface area contributed by atoms with Gasteiger partial charge in [-0.15, -0.1) is 0 Å². The van der Waals surface area contributed by atoms with Crippen LogP contribution in [0.1, 0.15) is 11.4 Å². The molecule has 190 valence electrons. The van der Waals surface area contributed by atoms with Crippen LogP contribution >= 0.6 is 0 Å². The molecule has 0 saturated carbocycles. The molecule has 0 amide bonds. The molecule has 5 N–H and O–H groups in total. The lowest BCUT2D eigenvalue weighted by atomic mass is 10.2. The lowest BCUT2D eigenvalue weighted by Gasteiger charge is -2.30. The predicted molar refractivity (Wildman–Crippen MR) is 112 cm³/mol. The third-order valence-corrected chi connectivity index (χ3v) is 10.5. The second-order valence-corrected chi connectivity index (χ2v) is 13.5. The normalized spacial score (nSPS) is 18.7. The molecule has 0 aliphatic carbocycles. The zero-order valence-corrected chi connectivity index (χ0v) is 19.9. The molecular weight excluding hydrogens is 532 g/mol. The zero-order valence-electron chi connectivity index (χ0n) is 16.7. The third-order valence-electron chi connectivity index (χ3n) is 4.36. The van der Waals surface area contributed by atoms with Crippen molar-refractivity contribution in [3.63, 3.8) is 0 Å². The van der Waals surface area contributed by atoms with E-state index in [1.54, 1.807) is 0 Å². The van der Waals surface area contributed by atoms with E-state index in [4.69, 9.17) is 0 Å². The Balaban J connectivity index is 2.51. The summed E-state index contributed by atoms with van der Waals surface area (Å²) in [5.74, 6) is 0. The van der Waals surface area contributed by atoms with Crippen LogP contribution in [0, 0.1) is 0 Å². The SMILES string of the molecule is O=S(=O)(O)C(N1CCNCCN(C(S(=O)(=O)O)S(=O)(=O)O)Cc2cccc(n2)C1)S(=O)(=O)O. The average molecular weight is 555 g/mol. The lowest BCUT2D eigenvalue weighted by Crippen LogP contribution is -2.50. The molecule has 20 heteroatoms. The van der Waals surface area contributed by atoms with Gasteiger partial charge >= 0.3 is 0 Å². The number of pyridine rings is 1. The summed E-state index contributed by atoms with van der Waals surface area (Å²) in [4.78, 5) is 5.54. The average Bonchev–Trinajstić information content (AvgIpc) is 2.55. The van der Waals surface area contributed by atoms with E-state index < -0.39 is 63.0 Å². The summed E-state index contributed by atoms with van der Waals surface area (Å²) in [6.07, 6.45) is 0. The summed E-state index contributed by atoms with van der Waals surface area (Å²) in [5, 5.41) is 2.68. The zero-order chi connectivity index (χ0) is 25.2. The molecule has 1 aliphatic rings. The second-order valence-electron chi connectivity index (χ2n) is 6.99. The van der Waals surface area contributed by atoms with Crippen molar-refractivity contribution >= 4 is 40.5 Å². The highest BCUT2D eigenvalue weighted by molar-refractivity contribution is 8.04. The molecule has 16 nitrogen and oxygen atoms in total. The Bertz CT molecular complexity index is 1120. The van der Waals surface area contributed by atoms with Crippen LogP contribution in [0.15, 0.2) is 18.2 Å². The van der Waals surface area contributed by atoms with Gasteiger partial charge in [0.15, 0.2) is 0 Å². The first-order valence-electron chi connectivity index (χ1n) is 8.89. The van der Waals surface area contributed by atoms with Gasteiger partial charge in [-0.05, 0) is 12.1 Å². The fourth-order valence-electron chi connectivity index (χ4n) is 3.27. The Morgan fingerprint density at radius 2 is 1.03 bits per heavy atom. The molecule has 2 bridgehead atoms. The topological polar surface area (TPSA) is 249 Å². The van der Waals surface area contributed by atoms with Gasteiger partial charge in [-0.3, -0.25) is 33.0 Å². The van der Waals surface area contributed by atoms with Crippen molar-refractivity contribution < 1.29 is 51.9 Å². The first-order chi connectivity index (χ1) is 14.9. The van der Waals surface area contributed by atoms with Gasteiger partial charge in [0.2, 0.25) is 0 Å². The molecule has 1 aromatic rings. The molecule has 33 heavy (non-hydrogen) atoms. The quantitative estimate of drug-likeness (QED) is 0.226. The van der Waals surface area contributed by atoms with Crippen molar-refractivity contribution in [1.29, 1.82) is 0 Å². The molecule has 0 aromatic carbocycles. The molecule has 2 heterocycles.